The molecule has 5 nitrogen and oxygen atoms in total. The van der Waals surface area contributed by atoms with E-state index in [1.54, 1.807) is 0 Å². The maximum absolute atomic E-state index is 10.7. The molecule has 0 unspecified atom stereocenters. The topological polar surface area (TPSA) is 63.5 Å². The number of nitrogens with one attached hydrogen (secondary N) is 1. The normalized spacial score (nSPS) is 13.9. The van der Waals surface area contributed by atoms with Crippen LogP contribution in [0.3, 0.4) is 0 Å². The molecule has 6 heteroatoms. The second-order valence-electron chi connectivity index (χ2n) is 7.78. The largest absolute Gasteiger partial charge is 0.510 e. The van der Waals surface area contributed by atoms with Gasteiger partial charge in [0.25, 0.3) is 0 Å². The van der Waals surface area contributed by atoms with Gasteiger partial charge in [-0.15, -0.1) is 11.3 Å². The van der Waals surface area contributed by atoms with Gasteiger partial charge < -0.3 is 14.9 Å². The minimum Gasteiger partial charge on any atom is -0.510 e. The second kappa shape index (κ2) is 8.55. The van der Waals surface area contributed by atoms with Crippen molar-refractivity contribution in [3.8, 4) is 11.3 Å². The Morgan fingerprint density at radius 2 is 1.77 bits per heavy atom. The fourth-order valence-electron chi connectivity index (χ4n) is 3.88. The summed E-state index contributed by atoms with van der Waals surface area (Å²) in [5.41, 5.74) is 6.98. The van der Waals surface area contributed by atoms with E-state index < -0.39 is 0 Å². The van der Waals surface area contributed by atoms with Crippen LogP contribution in [0.25, 0.3) is 16.8 Å². The standard InChI is InChI=1S/C25H28N4OS/c1-5-28(6-2)19-9-11-20(12-10-19)29-14-22(30)23(24(29)26)25-27-21(15-31-25)18-8-7-16(3)17(4)13-18/h7-13,15,26,30H,5-6,14H2,1-4H3. The lowest BCUT2D eigenvalue weighted by Gasteiger charge is -2.23. The van der Waals surface area contributed by atoms with Crippen molar-refractivity contribution in [2.45, 2.75) is 27.7 Å². The quantitative estimate of drug-likeness (QED) is 0.498. The molecule has 1 aromatic heterocycles. The van der Waals surface area contributed by atoms with Crippen molar-refractivity contribution < 1.29 is 5.11 Å². The molecule has 31 heavy (non-hydrogen) atoms. The molecule has 0 radical (unpaired) electrons. The summed E-state index contributed by atoms with van der Waals surface area (Å²) in [5, 5.41) is 22.1. The van der Waals surface area contributed by atoms with E-state index in [1.165, 1.54) is 22.5 Å². The Morgan fingerprint density at radius 3 is 2.42 bits per heavy atom. The monoisotopic (exact) mass is 432 g/mol. The number of benzene rings is 2. The summed E-state index contributed by atoms with van der Waals surface area (Å²) < 4.78 is 0. The number of amidine groups is 1. The van der Waals surface area contributed by atoms with Gasteiger partial charge in [-0.1, -0.05) is 12.1 Å². The van der Waals surface area contributed by atoms with Crippen LogP contribution in [0.15, 0.2) is 53.6 Å². The Bertz CT molecular complexity index is 1140. The van der Waals surface area contributed by atoms with Gasteiger partial charge in [-0.05, 0) is 69.2 Å². The highest BCUT2D eigenvalue weighted by Crippen LogP contribution is 2.35. The lowest BCUT2D eigenvalue weighted by atomic mass is 10.1. The maximum Gasteiger partial charge on any atom is 0.139 e. The molecular formula is C25H28N4OS. The summed E-state index contributed by atoms with van der Waals surface area (Å²) in [7, 11) is 0. The minimum atomic E-state index is 0.193. The SMILES string of the molecule is CCN(CC)c1ccc(N2CC(O)=C(c3nc(-c4ccc(C)c(C)c4)cs3)C2=N)cc1. The zero-order valence-electron chi connectivity index (χ0n) is 18.4. The molecule has 0 saturated heterocycles. The van der Waals surface area contributed by atoms with Gasteiger partial charge in [0, 0.05) is 35.4 Å². The number of anilines is 2. The van der Waals surface area contributed by atoms with E-state index in [2.05, 4.69) is 62.9 Å². The third-order valence-electron chi connectivity index (χ3n) is 5.91. The highest BCUT2D eigenvalue weighted by atomic mass is 32.1. The van der Waals surface area contributed by atoms with Crippen molar-refractivity contribution in [3.63, 3.8) is 0 Å². The van der Waals surface area contributed by atoms with E-state index in [0.717, 1.165) is 35.7 Å². The molecule has 1 aliphatic heterocycles. The van der Waals surface area contributed by atoms with Crippen molar-refractivity contribution in [1.82, 2.24) is 4.98 Å². The van der Waals surface area contributed by atoms with Crippen molar-refractivity contribution in [3.05, 3.63) is 69.7 Å². The van der Waals surface area contributed by atoms with Gasteiger partial charge >= 0.3 is 0 Å². The number of aliphatic hydroxyl groups excluding tert-OH is 1. The van der Waals surface area contributed by atoms with E-state index in [0.29, 0.717) is 10.6 Å². The van der Waals surface area contributed by atoms with E-state index >= 15 is 0 Å². The first-order chi connectivity index (χ1) is 14.9. The number of hydrogen-bond acceptors (Lipinski definition) is 5. The van der Waals surface area contributed by atoms with E-state index in [4.69, 9.17) is 10.4 Å². The number of nitrogens with zero attached hydrogens (tertiary/aromatic N) is 3. The average molecular weight is 433 g/mol. The molecule has 1 aliphatic rings. The van der Waals surface area contributed by atoms with Crippen LogP contribution in [0.4, 0.5) is 11.4 Å². The molecule has 2 aromatic carbocycles. The highest BCUT2D eigenvalue weighted by molar-refractivity contribution is 7.11. The average Bonchev–Trinajstić information content (AvgIpc) is 3.36. The van der Waals surface area contributed by atoms with Crippen molar-refractivity contribution in [1.29, 1.82) is 5.41 Å². The smallest absolute Gasteiger partial charge is 0.139 e. The van der Waals surface area contributed by atoms with Crippen LogP contribution >= 0.6 is 11.3 Å². The van der Waals surface area contributed by atoms with Gasteiger partial charge in [0.2, 0.25) is 0 Å². The number of aryl methyl sites for hydroxylation is 2. The van der Waals surface area contributed by atoms with E-state index in [-0.39, 0.29) is 18.1 Å². The molecule has 0 saturated carbocycles. The molecule has 2 N–H and O–H groups in total. The van der Waals surface area contributed by atoms with Crippen LogP contribution in [0.5, 0.6) is 0 Å². The van der Waals surface area contributed by atoms with Crippen LogP contribution in [0, 0.1) is 19.3 Å². The predicted octanol–water partition coefficient (Wildman–Crippen LogP) is 6.04. The number of thiazole rings is 1. The number of rotatable bonds is 6. The molecule has 0 atom stereocenters. The molecule has 3 aromatic rings. The Hall–Kier alpha value is -3.12. The zero-order valence-corrected chi connectivity index (χ0v) is 19.3. The van der Waals surface area contributed by atoms with Crippen molar-refractivity contribution in [2.24, 2.45) is 0 Å². The molecule has 4 rings (SSSR count). The number of aliphatic hydroxyl groups is 1. The molecule has 0 spiro atoms. The Morgan fingerprint density at radius 1 is 1.06 bits per heavy atom. The molecule has 0 amide bonds. The number of aromatic nitrogens is 1. The highest BCUT2D eigenvalue weighted by Gasteiger charge is 2.31. The summed E-state index contributed by atoms with van der Waals surface area (Å²) in [5.74, 6) is 0.480. The molecular weight excluding hydrogens is 404 g/mol. The molecule has 0 fully saturated rings. The van der Waals surface area contributed by atoms with Gasteiger partial charge in [-0.3, -0.25) is 5.41 Å². The molecule has 160 valence electrons. The molecule has 0 aliphatic carbocycles. The first-order valence-electron chi connectivity index (χ1n) is 10.6. The fourth-order valence-corrected chi connectivity index (χ4v) is 4.77. The maximum atomic E-state index is 10.7. The number of hydrogen-bond donors (Lipinski definition) is 2. The lowest BCUT2D eigenvalue weighted by molar-refractivity contribution is 0.411. The van der Waals surface area contributed by atoms with Crippen molar-refractivity contribution in [2.75, 3.05) is 29.4 Å². The molecule has 0 bridgehead atoms. The van der Waals surface area contributed by atoms with E-state index in [1.807, 2.05) is 22.4 Å². The van der Waals surface area contributed by atoms with Gasteiger partial charge in [0.1, 0.15) is 16.6 Å². The third kappa shape index (κ3) is 3.95. The van der Waals surface area contributed by atoms with Crippen LogP contribution in [-0.2, 0) is 0 Å². The van der Waals surface area contributed by atoms with Crippen molar-refractivity contribution >= 4 is 34.1 Å². The second-order valence-corrected chi connectivity index (χ2v) is 8.64. The zero-order chi connectivity index (χ0) is 22.1. The van der Waals surface area contributed by atoms with Gasteiger partial charge in [0.05, 0.1) is 17.8 Å². The van der Waals surface area contributed by atoms with Gasteiger partial charge in [-0.2, -0.15) is 0 Å². The van der Waals surface area contributed by atoms with Crippen LogP contribution < -0.4 is 9.80 Å². The van der Waals surface area contributed by atoms with Crippen LogP contribution in [0.2, 0.25) is 0 Å². The Kier molecular flexibility index (Phi) is 5.83. The van der Waals surface area contributed by atoms with Crippen LogP contribution in [0.1, 0.15) is 30.0 Å². The van der Waals surface area contributed by atoms with Gasteiger partial charge in [-0.25, -0.2) is 4.98 Å². The summed E-state index contributed by atoms with van der Waals surface area (Å²) in [6.07, 6.45) is 0. The minimum absolute atomic E-state index is 0.193. The first kappa shape index (κ1) is 21.1. The van der Waals surface area contributed by atoms with Crippen LogP contribution in [-0.4, -0.2) is 35.6 Å². The summed E-state index contributed by atoms with van der Waals surface area (Å²) in [6.45, 7) is 10.7. The van der Waals surface area contributed by atoms with Gasteiger partial charge in [0.15, 0.2) is 0 Å². The fraction of sp³-hybridized carbons (Fsp3) is 0.280. The Balaban J connectivity index is 1.57. The Labute approximate surface area is 187 Å². The third-order valence-corrected chi connectivity index (χ3v) is 6.77. The summed E-state index contributed by atoms with van der Waals surface area (Å²) >= 11 is 1.47. The summed E-state index contributed by atoms with van der Waals surface area (Å²) in [6, 6.07) is 14.5. The summed E-state index contributed by atoms with van der Waals surface area (Å²) in [4.78, 5) is 8.86. The predicted molar refractivity (Wildman–Crippen MR) is 132 cm³/mol. The lowest BCUT2D eigenvalue weighted by Crippen LogP contribution is -2.26. The first-order valence-corrected chi connectivity index (χ1v) is 11.5. The molecule has 2 heterocycles. The van der Waals surface area contributed by atoms with E-state index in [9.17, 15) is 5.11 Å².